The van der Waals surface area contributed by atoms with Gasteiger partial charge in [0.2, 0.25) is 12.7 Å². The Morgan fingerprint density at radius 1 is 1.17 bits per heavy atom. The van der Waals surface area contributed by atoms with Crippen LogP contribution in [0.1, 0.15) is 63.4 Å². The molecule has 1 amide bonds. The molecule has 0 aromatic heterocycles. The predicted octanol–water partition coefficient (Wildman–Crippen LogP) is 3.04. The molecule has 1 atom stereocenters. The lowest BCUT2D eigenvalue weighted by atomic mass is 9.83. The Hall–Kier alpha value is -1.79. The second-order valence-electron chi connectivity index (χ2n) is 8.89. The van der Waals surface area contributed by atoms with Crippen LogP contribution in [0.4, 0.5) is 0 Å². The molecule has 1 saturated carbocycles. The first-order valence-electron chi connectivity index (χ1n) is 11.2. The van der Waals surface area contributed by atoms with Gasteiger partial charge in [-0.15, -0.1) is 0 Å². The molecule has 1 aliphatic carbocycles. The summed E-state index contributed by atoms with van der Waals surface area (Å²) in [4.78, 5) is 14.2. The zero-order valence-corrected chi connectivity index (χ0v) is 17.4. The molecule has 3 aliphatic rings. The van der Waals surface area contributed by atoms with E-state index in [9.17, 15) is 9.90 Å². The minimum absolute atomic E-state index is 0.239. The number of nitrogens with zero attached hydrogens (tertiary/aromatic N) is 1. The number of likely N-dealkylation sites (tertiary alicyclic amines) is 1. The summed E-state index contributed by atoms with van der Waals surface area (Å²) in [7, 11) is 0. The lowest BCUT2D eigenvalue weighted by molar-refractivity contribution is -0.129. The van der Waals surface area contributed by atoms with E-state index in [0.29, 0.717) is 12.7 Å². The Balaban J connectivity index is 1.17. The maximum Gasteiger partial charge on any atom is 0.248 e. The van der Waals surface area contributed by atoms with E-state index < -0.39 is 6.10 Å². The fraction of sp³-hybridized carbons (Fsp3) is 0.696. The van der Waals surface area contributed by atoms with Crippen LogP contribution >= 0.6 is 0 Å². The topological polar surface area (TPSA) is 71.0 Å². The van der Waals surface area contributed by atoms with Crippen LogP contribution in [0.3, 0.4) is 0 Å². The summed E-state index contributed by atoms with van der Waals surface area (Å²) in [5, 5.41) is 12.3. The molecule has 1 aromatic rings. The monoisotopic (exact) mass is 402 g/mol. The molecule has 6 nitrogen and oxygen atoms in total. The average molecular weight is 403 g/mol. The molecule has 4 rings (SSSR count). The fourth-order valence-electron chi connectivity index (χ4n) is 5.02. The van der Waals surface area contributed by atoms with Gasteiger partial charge in [-0.3, -0.25) is 4.79 Å². The Morgan fingerprint density at radius 2 is 1.93 bits per heavy atom. The second kappa shape index (κ2) is 9.35. The molecule has 2 N–H and O–H groups in total. The number of aliphatic hydroxyl groups is 1. The minimum atomic E-state index is -0.910. The lowest BCUT2D eigenvalue weighted by Crippen LogP contribution is -2.42. The van der Waals surface area contributed by atoms with Crippen LogP contribution in [0.25, 0.3) is 0 Å². The van der Waals surface area contributed by atoms with Gasteiger partial charge in [0.25, 0.3) is 0 Å². The number of piperidine rings is 1. The molecule has 2 aliphatic heterocycles. The third kappa shape index (κ3) is 5.04. The van der Waals surface area contributed by atoms with Gasteiger partial charge < -0.3 is 24.8 Å². The van der Waals surface area contributed by atoms with Crippen molar-refractivity contribution in [2.24, 2.45) is 5.92 Å². The summed E-state index contributed by atoms with van der Waals surface area (Å²) < 4.78 is 11.2. The van der Waals surface area contributed by atoms with Crippen LogP contribution in [0.5, 0.6) is 11.5 Å². The van der Waals surface area contributed by atoms with Gasteiger partial charge in [-0.25, -0.2) is 0 Å². The zero-order chi connectivity index (χ0) is 20.2. The number of carbonyl (C=O) groups excluding carboxylic acids is 1. The van der Waals surface area contributed by atoms with E-state index in [1.807, 2.05) is 6.07 Å². The van der Waals surface area contributed by atoms with Gasteiger partial charge in [-0.2, -0.15) is 0 Å². The largest absolute Gasteiger partial charge is 0.454 e. The molecule has 2 fully saturated rings. The quantitative estimate of drug-likeness (QED) is 0.765. The number of amides is 1. The number of rotatable bonds is 6. The molecule has 0 bridgehead atoms. The van der Waals surface area contributed by atoms with Crippen LogP contribution in [0.2, 0.25) is 0 Å². The van der Waals surface area contributed by atoms with E-state index in [1.165, 1.54) is 51.1 Å². The number of aliphatic hydroxyl groups excluding tert-OH is 1. The Kier molecular flexibility index (Phi) is 6.60. The number of hydrogen-bond acceptors (Lipinski definition) is 5. The smallest absolute Gasteiger partial charge is 0.248 e. The number of benzene rings is 1. The van der Waals surface area contributed by atoms with Crippen LogP contribution in [0.15, 0.2) is 18.2 Å². The number of carbonyl (C=O) groups is 1. The van der Waals surface area contributed by atoms with Crippen LogP contribution in [0, 0.1) is 5.92 Å². The summed E-state index contributed by atoms with van der Waals surface area (Å²) in [6.07, 6.45) is 7.11. The third-order valence-electron chi connectivity index (χ3n) is 6.88. The average Bonchev–Trinajstić information content (AvgIpc) is 3.22. The van der Waals surface area contributed by atoms with Gasteiger partial charge in [-0.1, -0.05) is 12.1 Å². The van der Waals surface area contributed by atoms with Gasteiger partial charge in [0.1, 0.15) is 6.10 Å². The highest BCUT2D eigenvalue weighted by atomic mass is 16.7. The van der Waals surface area contributed by atoms with Crippen molar-refractivity contribution in [3.8, 4) is 11.5 Å². The molecule has 0 spiro atoms. The molecule has 0 unspecified atom stereocenters. The van der Waals surface area contributed by atoms with E-state index in [-0.39, 0.29) is 11.9 Å². The maximum atomic E-state index is 11.6. The van der Waals surface area contributed by atoms with Gasteiger partial charge in [0.05, 0.1) is 0 Å². The molecule has 1 saturated heterocycles. The van der Waals surface area contributed by atoms with Crippen molar-refractivity contribution in [1.82, 2.24) is 10.2 Å². The van der Waals surface area contributed by atoms with Crippen molar-refractivity contribution >= 4 is 5.91 Å². The highest BCUT2D eigenvalue weighted by Gasteiger charge is 2.28. The van der Waals surface area contributed by atoms with Gasteiger partial charge in [0, 0.05) is 11.6 Å². The normalized spacial score (nSPS) is 26.3. The molecular formula is C23H34N2O4. The van der Waals surface area contributed by atoms with Crippen LogP contribution < -0.4 is 14.8 Å². The van der Waals surface area contributed by atoms with E-state index >= 15 is 0 Å². The standard InChI is InChI=1S/C23H34N2O4/c1-16(26)23(27)24-19-7-5-17(6-8-19)9-12-25-13-10-18(11-14-25)20-3-2-4-21-22(20)29-15-28-21/h2-4,16-19,26H,5-15H2,1H3,(H,24,27)/t16-,17?,19?/m1/s1. The molecule has 2 heterocycles. The third-order valence-corrected chi connectivity index (χ3v) is 6.88. The van der Waals surface area contributed by atoms with Crippen molar-refractivity contribution < 1.29 is 19.4 Å². The number of ether oxygens (including phenoxy) is 2. The predicted molar refractivity (Wildman–Crippen MR) is 111 cm³/mol. The van der Waals surface area contributed by atoms with E-state index in [4.69, 9.17) is 9.47 Å². The molecular weight excluding hydrogens is 368 g/mol. The number of fused-ring (bicyclic) bond motifs is 1. The summed E-state index contributed by atoms with van der Waals surface area (Å²) >= 11 is 0. The second-order valence-corrected chi connectivity index (χ2v) is 8.89. The minimum Gasteiger partial charge on any atom is -0.454 e. The Morgan fingerprint density at radius 3 is 2.66 bits per heavy atom. The van der Waals surface area contributed by atoms with Crippen molar-refractivity contribution in [3.63, 3.8) is 0 Å². The molecule has 6 heteroatoms. The highest BCUT2D eigenvalue weighted by molar-refractivity contribution is 5.80. The highest BCUT2D eigenvalue weighted by Crippen LogP contribution is 2.42. The first-order valence-corrected chi connectivity index (χ1v) is 11.2. The van der Waals surface area contributed by atoms with Crippen molar-refractivity contribution in [2.75, 3.05) is 26.4 Å². The van der Waals surface area contributed by atoms with Crippen molar-refractivity contribution in [1.29, 1.82) is 0 Å². The fourth-order valence-corrected chi connectivity index (χ4v) is 5.02. The Bertz CT molecular complexity index is 692. The van der Waals surface area contributed by atoms with Gasteiger partial charge in [0.15, 0.2) is 11.5 Å². The number of hydrogen-bond donors (Lipinski definition) is 2. The summed E-state index contributed by atoms with van der Waals surface area (Å²) in [6, 6.07) is 6.51. The SMILES string of the molecule is C[C@@H](O)C(=O)NC1CCC(CCN2CCC(c3cccc4c3OCO4)CC2)CC1. The molecule has 0 radical (unpaired) electrons. The van der Waals surface area contributed by atoms with Gasteiger partial charge >= 0.3 is 0 Å². The van der Waals surface area contributed by atoms with Gasteiger partial charge in [-0.05, 0) is 89.4 Å². The van der Waals surface area contributed by atoms with E-state index in [0.717, 1.165) is 43.3 Å². The molecule has 160 valence electrons. The van der Waals surface area contributed by atoms with Crippen molar-refractivity contribution in [2.45, 2.75) is 69.9 Å². The van der Waals surface area contributed by atoms with E-state index in [1.54, 1.807) is 0 Å². The van der Waals surface area contributed by atoms with E-state index in [2.05, 4.69) is 22.3 Å². The van der Waals surface area contributed by atoms with Crippen LogP contribution in [-0.4, -0.2) is 54.5 Å². The zero-order valence-electron chi connectivity index (χ0n) is 17.4. The molecule has 29 heavy (non-hydrogen) atoms. The summed E-state index contributed by atoms with van der Waals surface area (Å²) in [5.41, 5.74) is 1.32. The maximum absolute atomic E-state index is 11.6. The van der Waals surface area contributed by atoms with Crippen molar-refractivity contribution in [3.05, 3.63) is 23.8 Å². The summed E-state index contributed by atoms with van der Waals surface area (Å²) in [6.45, 7) is 5.34. The number of para-hydroxylation sites is 1. The lowest BCUT2D eigenvalue weighted by Gasteiger charge is -2.34. The van der Waals surface area contributed by atoms with Crippen LogP contribution in [-0.2, 0) is 4.79 Å². The first kappa shape index (κ1) is 20.5. The number of nitrogens with one attached hydrogen (secondary N) is 1. The Labute approximate surface area is 173 Å². The summed E-state index contributed by atoms with van der Waals surface area (Å²) in [5.74, 6) is 2.94. The molecule has 1 aromatic carbocycles. The first-order chi connectivity index (χ1) is 14.1.